The van der Waals surface area contributed by atoms with Gasteiger partial charge in [0.2, 0.25) is 0 Å². The van der Waals surface area contributed by atoms with E-state index in [9.17, 15) is 4.79 Å². The maximum atomic E-state index is 13.1. The minimum atomic E-state index is 0.121. The Morgan fingerprint density at radius 3 is 2.73 bits per heavy atom. The van der Waals surface area contributed by atoms with Gasteiger partial charge in [-0.05, 0) is 60.8 Å². The van der Waals surface area contributed by atoms with Crippen molar-refractivity contribution in [2.45, 2.75) is 38.0 Å². The molecule has 0 bridgehead atoms. The second-order valence-corrected chi connectivity index (χ2v) is 7.77. The second-order valence-electron chi connectivity index (χ2n) is 7.77. The molecule has 1 amide bonds. The van der Waals surface area contributed by atoms with Crippen LogP contribution in [0, 0.1) is 6.92 Å². The Morgan fingerprint density at radius 1 is 1.08 bits per heavy atom. The zero-order valence-electron chi connectivity index (χ0n) is 15.1. The fourth-order valence-electron chi connectivity index (χ4n) is 4.96. The molecule has 1 saturated heterocycles. The van der Waals surface area contributed by atoms with Gasteiger partial charge in [-0.25, -0.2) is 4.52 Å². The maximum Gasteiger partial charge on any atom is 0.257 e. The van der Waals surface area contributed by atoms with Crippen LogP contribution in [0.15, 0.2) is 48.8 Å². The standard InChI is InChI=1S/C22H23N3O/c1-16-5-4-12-25-20(16)18(15-23-25)21(26)24-13-10-22(11-14-24)9-8-17-6-2-3-7-19(17)22/h2-7,12,15H,8-11,13-14H2,1H3. The number of piperidine rings is 1. The third-order valence-corrected chi connectivity index (χ3v) is 6.44. The molecule has 3 aromatic rings. The Balaban J connectivity index is 1.40. The molecule has 0 atom stereocenters. The monoisotopic (exact) mass is 345 g/mol. The first-order valence-electron chi connectivity index (χ1n) is 9.49. The molecule has 26 heavy (non-hydrogen) atoms. The van der Waals surface area contributed by atoms with E-state index in [4.69, 9.17) is 0 Å². The zero-order chi connectivity index (χ0) is 17.7. The minimum absolute atomic E-state index is 0.121. The summed E-state index contributed by atoms with van der Waals surface area (Å²) >= 11 is 0. The van der Waals surface area contributed by atoms with E-state index in [1.54, 1.807) is 10.7 Å². The Morgan fingerprint density at radius 2 is 1.88 bits per heavy atom. The number of hydrogen-bond acceptors (Lipinski definition) is 2. The quantitative estimate of drug-likeness (QED) is 0.673. The summed E-state index contributed by atoms with van der Waals surface area (Å²) in [7, 11) is 0. The van der Waals surface area contributed by atoms with Gasteiger partial charge in [-0.1, -0.05) is 30.3 Å². The van der Waals surface area contributed by atoms with Gasteiger partial charge >= 0.3 is 0 Å². The van der Waals surface area contributed by atoms with Crippen molar-refractivity contribution in [3.05, 3.63) is 71.0 Å². The van der Waals surface area contributed by atoms with E-state index in [0.29, 0.717) is 0 Å². The second kappa shape index (κ2) is 5.70. The lowest BCUT2D eigenvalue weighted by molar-refractivity contribution is 0.0668. The van der Waals surface area contributed by atoms with Crippen LogP contribution in [0.2, 0.25) is 0 Å². The van der Waals surface area contributed by atoms with Crippen LogP contribution >= 0.6 is 0 Å². The van der Waals surface area contributed by atoms with Crippen molar-refractivity contribution in [3.63, 3.8) is 0 Å². The lowest BCUT2D eigenvalue weighted by atomic mass is 9.74. The summed E-state index contributed by atoms with van der Waals surface area (Å²) in [4.78, 5) is 15.2. The van der Waals surface area contributed by atoms with Gasteiger partial charge in [0.1, 0.15) is 0 Å². The predicted molar refractivity (Wildman–Crippen MR) is 102 cm³/mol. The number of carbonyl (C=O) groups is 1. The summed E-state index contributed by atoms with van der Waals surface area (Å²) in [5.41, 5.74) is 6.07. The fourth-order valence-corrected chi connectivity index (χ4v) is 4.96. The summed E-state index contributed by atoms with van der Waals surface area (Å²) in [6, 6.07) is 12.9. The highest BCUT2D eigenvalue weighted by molar-refractivity contribution is 6.01. The van der Waals surface area contributed by atoms with Crippen molar-refractivity contribution >= 4 is 11.4 Å². The molecule has 0 radical (unpaired) electrons. The Kier molecular flexibility index (Phi) is 3.42. The first-order valence-corrected chi connectivity index (χ1v) is 9.49. The number of fused-ring (bicyclic) bond motifs is 3. The SMILES string of the molecule is Cc1cccn2ncc(C(=O)N3CCC4(CCc5ccccc54)CC3)c12. The molecule has 4 nitrogen and oxygen atoms in total. The molecule has 1 aliphatic carbocycles. The van der Waals surface area contributed by atoms with E-state index in [-0.39, 0.29) is 11.3 Å². The smallest absolute Gasteiger partial charge is 0.257 e. The van der Waals surface area contributed by atoms with Crippen LogP contribution in [-0.4, -0.2) is 33.5 Å². The number of amides is 1. The summed E-state index contributed by atoms with van der Waals surface area (Å²) in [5.74, 6) is 0.121. The Labute approximate surface area is 153 Å². The largest absolute Gasteiger partial charge is 0.338 e. The molecular formula is C22H23N3O. The van der Waals surface area contributed by atoms with Crippen LogP contribution in [0.3, 0.4) is 0 Å². The van der Waals surface area contributed by atoms with Gasteiger partial charge in [0.15, 0.2) is 0 Å². The van der Waals surface area contributed by atoms with Gasteiger partial charge in [0.05, 0.1) is 17.3 Å². The lowest BCUT2D eigenvalue weighted by Crippen LogP contribution is -2.44. The van der Waals surface area contributed by atoms with Gasteiger partial charge in [-0.3, -0.25) is 4.79 Å². The predicted octanol–water partition coefficient (Wildman–Crippen LogP) is 3.76. The average Bonchev–Trinajstić information content (AvgIpc) is 3.26. The van der Waals surface area contributed by atoms with Crippen molar-refractivity contribution in [1.82, 2.24) is 14.5 Å². The molecule has 3 heterocycles. The molecule has 2 aliphatic rings. The molecule has 5 rings (SSSR count). The van der Waals surface area contributed by atoms with Crippen LogP contribution in [0.4, 0.5) is 0 Å². The molecule has 4 heteroatoms. The van der Waals surface area contributed by atoms with E-state index >= 15 is 0 Å². The van der Waals surface area contributed by atoms with E-state index < -0.39 is 0 Å². The summed E-state index contributed by atoms with van der Waals surface area (Å²) < 4.78 is 1.81. The molecule has 132 valence electrons. The van der Waals surface area contributed by atoms with Gasteiger partial charge in [0, 0.05) is 19.3 Å². The summed E-state index contributed by atoms with van der Waals surface area (Å²) in [5, 5.41) is 4.37. The number of aryl methyl sites for hydroxylation is 2. The molecule has 1 spiro atoms. The normalized spacial score (nSPS) is 18.4. The fraction of sp³-hybridized carbons (Fsp3) is 0.364. The Bertz CT molecular complexity index is 996. The van der Waals surface area contributed by atoms with Crippen LogP contribution < -0.4 is 0 Å². The first kappa shape index (κ1) is 15.6. The van der Waals surface area contributed by atoms with E-state index in [2.05, 4.69) is 29.4 Å². The molecule has 1 fully saturated rings. The Hall–Kier alpha value is -2.62. The number of hydrogen-bond donors (Lipinski definition) is 0. The maximum absolute atomic E-state index is 13.1. The topological polar surface area (TPSA) is 37.6 Å². The van der Waals surface area contributed by atoms with E-state index in [0.717, 1.165) is 42.6 Å². The van der Waals surface area contributed by atoms with Crippen molar-refractivity contribution in [3.8, 4) is 0 Å². The molecule has 0 N–H and O–H groups in total. The highest BCUT2D eigenvalue weighted by Crippen LogP contribution is 2.46. The van der Waals surface area contributed by atoms with Gasteiger partial charge < -0.3 is 4.90 Å². The number of likely N-dealkylation sites (tertiary alicyclic amines) is 1. The number of benzene rings is 1. The highest BCUT2D eigenvalue weighted by Gasteiger charge is 2.41. The molecule has 1 aliphatic heterocycles. The van der Waals surface area contributed by atoms with Gasteiger partial charge in [-0.15, -0.1) is 0 Å². The number of nitrogens with zero attached hydrogens (tertiary/aromatic N) is 3. The number of rotatable bonds is 1. The van der Waals surface area contributed by atoms with Crippen LogP contribution in [0.5, 0.6) is 0 Å². The number of pyridine rings is 1. The number of carbonyl (C=O) groups excluding carboxylic acids is 1. The van der Waals surface area contributed by atoms with Crippen LogP contribution in [0.25, 0.3) is 5.52 Å². The highest BCUT2D eigenvalue weighted by atomic mass is 16.2. The summed E-state index contributed by atoms with van der Waals surface area (Å²) in [6.07, 6.45) is 8.16. The minimum Gasteiger partial charge on any atom is -0.338 e. The molecular weight excluding hydrogens is 322 g/mol. The molecule has 1 aromatic carbocycles. The first-order chi connectivity index (χ1) is 12.7. The zero-order valence-corrected chi connectivity index (χ0v) is 15.1. The van der Waals surface area contributed by atoms with Gasteiger partial charge in [0.25, 0.3) is 5.91 Å². The lowest BCUT2D eigenvalue weighted by Gasteiger charge is -2.40. The van der Waals surface area contributed by atoms with Crippen molar-refractivity contribution in [1.29, 1.82) is 0 Å². The molecule has 2 aromatic heterocycles. The van der Waals surface area contributed by atoms with Crippen molar-refractivity contribution in [2.75, 3.05) is 13.1 Å². The van der Waals surface area contributed by atoms with Crippen molar-refractivity contribution < 1.29 is 4.79 Å². The molecule has 0 saturated carbocycles. The van der Waals surface area contributed by atoms with E-state index in [1.165, 1.54) is 24.0 Å². The third-order valence-electron chi connectivity index (χ3n) is 6.44. The van der Waals surface area contributed by atoms with Crippen LogP contribution in [-0.2, 0) is 11.8 Å². The number of aromatic nitrogens is 2. The van der Waals surface area contributed by atoms with E-state index in [1.807, 2.05) is 30.2 Å². The average molecular weight is 345 g/mol. The van der Waals surface area contributed by atoms with Crippen LogP contribution in [0.1, 0.15) is 46.3 Å². The van der Waals surface area contributed by atoms with Crippen molar-refractivity contribution in [2.24, 2.45) is 0 Å². The van der Waals surface area contributed by atoms with Gasteiger partial charge in [-0.2, -0.15) is 5.10 Å². The summed E-state index contributed by atoms with van der Waals surface area (Å²) in [6.45, 7) is 3.70. The third kappa shape index (κ3) is 2.21. The molecule has 0 unspecified atom stereocenters.